The summed E-state index contributed by atoms with van der Waals surface area (Å²) in [5.41, 5.74) is 10.4. The van der Waals surface area contributed by atoms with Crippen molar-refractivity contribution < 1.29 is 0 Å². The van der Waals surface area contributed by atoms with Gasteiger partial charge in [0.1, 0.15) is 11.5 Å². The van der Waals surface area contributed by atoms with Gasteiger partial charge in [-0.15, -0.1) is 0 Å². The number of hydrazone groups is 1. The van der Waals surface area contributed by atoms with Gasteiger partial charge in [0.15, 0.2) is 0 Å². The summed E-state index contributed by atoms with van der Waals surface area (Å²) in [6.45, 7) is 23.0. The summed E-state index contributed by atoms with van der Waals surface area (Å²) >= 11 is 0. The first kappa shape index (κ1) is 26.0. The van der Waals surface area contributed by atoms with Crippen LogP contribution in [0.15, 0.2) is 94.1 Å². The van der Waals surface area contributed by atoms with Crippen molar-refractivity contribution in [3.63, 3.8) is 0 Å². The van der Waals surface area contributed by atoms with Crippen molar-refractivity contribution >= 4 is 11.4 Å². The fourth-order valence-electron chi connectivity index (χ4n) is 3.02. The van der Waals surface area contributed by atoms with Crippen LogP contribution in [0.2, 0.25) is 0 Å². The van der Waals surface area contributed by atoms with Crippen LogP contribution in [0.1, 0.15) is 47.5 Å². The van der Waals surface area contributed by atoms with Crippen molar-refractivity contribution in [2.75, 3.05) is 13.6 Å². The van der Waals surface area contributed by atoms with Gasteiger partial charge in [-0.3, -0.25) is 10.4 Å². The fourth-order valence-corrected chi connectivity index (χ4v) is 3.02. The van der Waals surface area contributed by atoms with E-state index in [1.165, 1.54) is 28.5 Å². The van der Waals surface area contributed by atoms with Crippen molar-refractivity contribution in [2.24, 2.45) is 16.0 Å². The van der Waals surface area contributed by atoms with E-state index in [0.717, 1.165) is 24.4 Å². The van der Waals surface area contributed by atoms with E-state index >= 15 is 0 Å². The molecule has 0 fully saturated rings. The number of nitrogens with one attached hydrogen (secondary N) is 3. The highest BCUT2D eigenvalue weighted by Gasteiger charge is 2.17. The Bertz CT molecular complexity index is 860. The van der Waals surface area contributed by atoms with Crippen LogP contribution in [0, 0.1) is 5.92 Å². The molecule has 0 saturated carbocycles. The lowest BCUT2D eigenvalue weighted by molar-refractivity contribution is 0.763. The molecule has 31 heavy (non-hydrogen) atoms. The van der Waals surface area contributed by atoms with Gasteiger partial charge >= 0.3 is 0 Å². The molecule has 5 heteroatoms. The largest absolute Gasteiger partial charge is 0.380 e. The van der Waals surface area contributed by atoms with Crippen LogP contribution in [0.4, 0.5) is 0 Å². The lowest BCUT2D eigenvalue weighted by Crippen LogP contribution is -2.32. The zero-order valence-corrected chi connectivity index (χ0v) is 20.1. The zero-order chi connectivity index (χ0) is 23.4. The van der Waals surface area contributed by atoms with E-state index < -0.39 is 0 Å². The first-order valence-electron chi connectivity index (χ1n) is 10.7. The number of nitrogens with zero attached hydrogens (tertiary/aromatic N) is 2. The second-order valence-electron chi connectivity index (χ2n) is 7.96. The van der Waals surface area contributed by atoms with Gasteiger partial charge in [-0.1, -0.05) is 63.0 Å². The highest BCUT2D eigenvalue weighted by molar-refractivity contribution is 6.48. The molecule has 1 rings (SSSR count). The molecular weight excluding hydrogens is 382 g/mol. The number of rotatable bonds is 12. The molecular formula is C26H39N5. The third-order valence-electron chi connectivity index (χ3n) is 4.87. The summed E-state index contributed by atoms with van der Waals surface area (Å²) < 4.78 is 0. The SMILES string of the molecule is C=CN=C(C(=C)NCC1=CCC(C)=C(CC(=C)C)C=C1)/C(=N/NC(=CC)NC)C(C)C. The Morgan fingerprint density at radius 3 is 2.52 bits per heavy atom. The molecule has 3 N–H and O–H groups in total. The van der Waals surface area contributed by atoms with Crippen LogP contribution in [0.5, 0.6) is 0 Å². The van der Waals surface area contributed by atoms with Gasteiger partial charge < -0.3 is 10.6 Å². The lowest BCUT2D eigenvalue weighted by atomic mass is 10.0. The van der Waals surface area contributed by atoms with E-state index in [1.807, 2.05) is 20.0 Å². The summed E-state index contributed by atoms with van der Waals surface area (Å²) in [6.07, 6.45) is 11.9. The predicted octanol–water partition coefficient (Wildman–Crippen LogP) is 5.53. The summed E-state index contributed by atoms with van der Waals surface area (Å²) in [7, 11) is 1.85. The van der Waals surface area contributed by atoms with E-state index in [-0.39, 0.29) is 5.92 Å². The second kappa shape index (κ2) is 13.3. The fraction of sp³-hybridized carbons (Fsp3) is 0.385. The molecule has 0 aliphatic heterocycles. The minimum absolute atomic E-state index is 0.147. The summed E-state index contributed by atoms with van der Waals surface area (Å²) in [5.74, 6) is 0.963. The monoisotopic (exact) mass is 421 g/mol. The van der Waals surface area contributed by atoms with Crippen molar-refractivity contribution in [2.45, 2.75) is 47.5 Å². The van der Waals surface area contributed by atoms with Gasteiger partial charge in [-0.25, -0.2) is 0 Å². The molecule has 0 spiro atoms. The number of allylic oxidation sites excluding steroid dienone is 7. The molecule has 0 heterocycles. The van der Waals surface area contributed by atoms with Crippen LogP contribution >= 0.6 is 0 Å². The molecule has 1 aliphatic rings. The van der Waals surface area contributed by atoms with E-state index in [2.05, 4.69) is 91.8 Å². The molecule has 168 valence electrons. The number of hydrogen-bond donors (Lipinski definition) is 3. The highest BCUT2D eigenvalue weighted by atomic mass is 15.3. The first-order chi connectivity index (χ1) is 14.7. The van der Waals surface area contributed by atoms with Gasteiger partial charge in [0.25, 0.3) is 0 Å². The molecule has 0 bridgehead atoms. The molecule has 1 aliphatic carbocycles. The molecule has 0 saturated heterocycles. The summed E-state index contributed by atoms with van der Waals surface area (Å²) in [4.78, 5) is 4.47. The molecule has 0 amide bonds. The van der Waals surface area contributed by atoms with E-state index in [4.69, 9.17) is 0 Å². The van der Waals surface area contributed by atoms with Crippen LogP contribution < -0.4 is 16.1 Å². The quantitative estimate of drug-likeness (QED) is 0.221. The summed E-state index contributed by atoms with van der Waals surface area (Å²) in [6, 6.07) is 0. The molecule has 0 radical (unpaired) electrons. The van der Waals surface area contributed by atoms with Gasteiger partial charge in [-0.2, -0.15) is 5.10 Å². The lowest BCUT2D eigenvalue weighted by Gasteiger charge is -2.17. The minimum Gasteiger partial charge on any atom is -0.380 e. The van der Waals surface area contributed by atoms with Crippen LogP contribution in [-0.4, -0.2) is 25.0 Å². The molecule has 0 unspecified atom stereocenters. The summed E-state index contributed by atoms with van der Waals surface area (Å²) in [5, 5.41) is 11.1. The molecule has 0 aromatic heterocycles. The average molecular weight is 422 g/mol. The Labute approximate surface area is 188 Å². The maximum Gasteiger partial charge on any atom is 0.115 e. The van der Waals surface area contributed by atoms with Crippen molar-refractivity contribution in [1.82, 2.24) is 16.1 Å². The number of hydrogen-bond acceptors (Lipinski definition) is 5. The Morgan fingerprint density at radius 2 is 1.97 bits per heavy atom. The second-order valence-corrected chi connectivity index (χ2v) is 7.96. The van der Waals surface area contributed by atoms with Gasteiger partial charge in [-0.05, 0) is 56.8 Å². The molecule has 0 aromatic rings. The van der Waals surface area contributed by atoms with Gasteiger partial charge in [0.05, 0.1) is 11.4 Å². The number of aliphatic imine (C=N–C) groups is 1. The minimum atomic E-state index is 0.147. The molecule has 5 nitrogen and oxygen atoms in total. The van der Waals surface area contributed by atoms with E-state index in [0.29, 0.717) is 18.0 Å². The van der Waals surface area contributed by atoms with Crippen LogP contribution in [0.25, 0.3) is 0 Å². The average Bonchev–Trinajstić information content (AvgIpc) is 2.89. The van der Waals surface area contributed by atoms with Gasteiger partial charge in [0, 0.05) is 19.8 Å². The van der Waals surface area contributed by atoms with Crippen LogP contribution in [-0.2, 0) is 0 Å². The maximum absolute atomic E-state index is 4.58. The normalized spacial score (nSPS) is 15.5. The Kier molecular flexibility index (Phi) is 11.1. The first-order valence-corrected chi connectivity index (χ1v) is 10.7. The van der Waals surface area contributed by atoms with Crippen molar-refractivity contribution in [3.8, 4) is 0 Å². The standard InChI is InChI=1S/C26H39N5/c1-10-24(27-9)30-31-25(19(5)6)26(28-11-2)21(8)29-17-22-13-12-20(7)23(15-14-22)16-18(3)4/h10-11,13-15,19,27,29-30H,2-3,8,12,16-17H2,1,4-7,9H3/b24-10?,28-26?,31-25+. The van der Waals surface area contributed by atoms with Crippen molar-refractivity contribution in [3.05, 3.63) is 84.1 Å². The topological polar surface area (TPSA) is 60.8 Å². The van der Waals surface area contributed by atoms with Crippen molar-refractivity contribution in [1.29, 1.82) is 0 Å². The zero-order valence-electron chi connectivity index (χ0n) is 20.1. The highest BCUT2D eigenvalue weighted by Crippen LogP contribution is 2.22. The van der Waals surface area contributed by atoms with E-state index in [1.54, 1.807) is 0 Å². The Morgan fingerprint density at radius 1 is 1.26 bits per heavy atom. The third-order valence-corrected chi connectivity index (χ3v) is 4.87. The van der Waals surface area contributed by atoms with Crippen LogP contribution in [0.3, 0.4) is 0 Å². The Hall–Kier alpha value is -3.08. The van der Waals surface area contributed by atoms with Gasteiger partial charge in [0.2, 0.25) is 0 Å². The smallest absolute Gasteiger partial charge is 0.115 e. The van der Waals surface area contributed by atoms with E-state index in [9.17, 15) is 0 Å². The third kappa shape index (κ3) is 8.67. The Balaban J connectivity index is 2.96. The molecule has 0 atom stereocenters. The maximum atomic E-state index is 4.58. The predicted molar refractivity (Wildman–Crippen MR) is 137 cm³/mol. The molecule has 0 aromatic carbocycles.